The molecule has 1 aromatic carbocycles. The van der Waals surface area contributed by atoms with Crippen LogP contribution in [0.2, 0.25) is 0 Å². The van der Waals surface area contributed by atoms with Crippen molar-refractivity contribution in [3.63, 3.8) is 0 Å². The minimum absolute atomic E-state index is 0.0158. The van der Waals surface area contributed by atoms with Crippen molar-refractivity contribution in [1.29, 1.82) is 0 Å². The van der Waals surface area contributed by atoms with Crippen LogP contribution in [0.3, 0.4) is 0 Å². The van der Waals surface area contributed by atoms with E-state index in [4.69, 9.17) is 9.73 Å². The van der Waals surface area contributed by atoms with Crippen molar-refractivity contribution in [3.05, 3.63) is 35.1 Å². The van der Waals surface area contributed by atoms with Gasteiger partial charge in [0.1, 0.15) is 11.7 Å². The van der Waals surface area contributed by atoms with Gasteiger partial charge in [-0.3, -0.25) is 9.79 Å². The summed E-state index contributed by atoms with van der Waals surface area (Å²) in [5, 5.41) is 0. The molecule has 1 heterocycles. The number of halogens is 1. The Morgan fingerprint density at radius 1 is 1.46 bits per heavy atom. The van der Waals surface area contributed by atoms with Gasteiger partial charge >= 0.3 is 0 Å². The molecule has 1 aliphatic carbocycles. The van der Waals surface area contributed by atoms with Crippen molar-refractivity contribution < 1.29 is 13.9 Å². The van der Waals surface area contributed by atoms with Gasteiger partial charge in [0.2, 0.25) is 0 Å². The molecule has 3 rings (SSSR count). The fourth-order valence-corrected chi connectivity index (χ4v) is 4.17. The van der Waals surface area contributed by atoms with Crippen LogP contribution >= 0.6 is 0 Å². The third-order valence-corrected chi connectivity index (χ3v) is 5.85. The molecule has 0 radical (unpaired) electrons. The van der Waals surface area contributed by atoms with Crippen molar-refractivity contribution >= 4 is 11.7 Å². The van der Waals surface area contributed by atoms with Crippen molar-refractivity contribution in [2.24, 2.45) is 10.4 Å². The third kappa shape index (κ3) is 2.21. The van der Waals surface area contributed by atoms with Gasteiger partial charge in [-0.15, -0.1) is 0 Å². The standard InChI is InChI=1S/C19H25FN2O2/c1-12(24-5)8-9-18(3)11-14-10-15(20)6-7-16(14)19(18)17(23)22(4)13(2)21-19/h6-7,10,12H,8-9,11H2,1-5H3. The van der Waals surface area contributed by atoms with Crippen LogP contribution in [0.4, 0.5) is 4.39 Å². The van der Waals surface area contributed by atoms with Gasteiger partial charge in [-0.25, -0.2) is 4.39 Å². The molecule has 0 N–H and O–H groups in total. The monoisotopic (exact) mass is 332 g/mol. The number of amidine groups is 1. The van der Waals surface area contributed by atoms with Gasteiger partial charge in [-0.2, -0.15) is 0 Å². The van der Waals surface area contributed by atoms with Crippen LogP contribution in [0, 0.1) is 11.2 Å². The van der Waals surface area contributed by atoms with Gasteiger partial charge in [0.05, 0.1) is 6.10 Å². The van der Waals surface area contributed by atoms with E-state index in [1.54, 1.807) is 31.2 Å². The summed E-state index contributed by atoms with van der Waals surface area (Å²) in [6.45, 7) is 5.97. The number of hydrogen-bond acceptors (Lipinski definition) is 3. The summed E-state index contributed by atoms with van der Waals surface area (Å²) in [5.41, 5.74) is 0.411. The highest BCUT2D eigenvalue weighted by Crippen LogP contribution is 2.58. The molecule has 1 spiro atoms. The van der Waals surface area contributed by atoms with E-state index in [2.05, 4.69) is 6.92 Å². The predicted molar refractivity (Wildman–Crippen MR) is 91.5 cm³/mol. The quantitative estimate of drug-likeness (QED) is 0.849. The molecule has 0 fully saturated rings. The second-order valence-corrected chi connectivity index (χ2v) is 7.36. The molecule has 24 heavy (non-hydrogen) atoms. The Hall–Kier alpha value is -1.75. The highest BCUT2D eigenvalue weighted by molar-refractivity contribution is 6.08. The first-order valence-electron chi connectivity index (χ1n) is 8.41. The lowest BCUT2D eigenvalue weighted by molar-refractivity contribution is -0.135. The first-order valence-corrected chi connectivity index (χ1v) is 8.41. The van der Waals surface area contributed by atoms with Gasteiger partial charge < -0.3 is 9.64 Å². The zero-order valence-corrected chi connectivity index (χ0v) is 15.0. The maximum Gasteiger partial charge on any atom is 0.260 e. The molecule has 2 aliphatic rings. The van der Waals surface area contributed by atoms with E-state index < -0.39 is 5.54 Å². The second kappa shape index (κ2) is 5.66. The van der Waals surface area contributed by atoms with E-state index in [1.165, 1.54) is 6.07 Å². The molecule has 3 unspecified atom stereocenters. The number of nitrogens with zero attached hydrogens (tertiary/aromatic N) is 2. The Morgan fingerprint density at radius 3 is 2.75 bits per heavy atom. The molecule has 0 saturated carbocycles. The number of fused-ring (bicyclic) bond motifs is 2. The van der Waals surface area contributed by atoms with Crippen LogP contribution < -0.4 is 0 Å². The number of likely N-dealkylation sites (N-methyl/N-ethyl adjacent to an activating group) is 1. The van der Waals surface area contributed by atoms with E-state index >= 15 is 0 Å². The van der Waals surface area contributed by atoms with Crippen molar-refractivity contribution in [1.82, 2.24) is 4.90 Å². The molecule has 5 heteroatoms. The summed E-state index contributed by atoms with van der Waals surface area (Å²) in [5.74, 6) is 0.430. The number of methoxy groups -OCH3 is 1. The molecule has 130 valence electrons. The van der Waals surface area contributed by atoms with E-state index in [0.29, 0.717) is 12.3 Å². The summed E-state index contributed by atoms with van der Waals surface area (Å²) < 4.78 is 19.1. The van der Waals surface area contributed by atoms with Crippen LogP contribution in [0.25, 0.3) is 0 Å². The molecule has 1 aliphatic heterocycles. The SMILES string of the molecule is COC(C)CCC1(C)Cc2cc(F)ccc2C12N=C(C)N(C)C2=O. The summed E-state index contributed by atoms with van der Waals surface area (Å²) >= 11 is 0. The topological polar surface area (TPSA) is 41.9 Å². The molecule has 0 saturated heterocycles. The number of carbonyl (C=O) groups excluding carboxylic acids is 1. The third-order valence-electron chi connectivity index (χ3n) is 5.85. The minimum atomic E-state index is -0.942. The molecule has 1 aromatic rings. The molecule has 0 bridgehead atoms. The Bertz CT molecular complexity index is 717. The average Bonchev–Trinajstić information content (AvgIpc) is 2.92. The summed E-state index contributed by atoms with van der Waals surface area (Å²) in [4.78, 5) is 19.7. The highest BCUT2D eigenvalue weighted by atomic mass is 19.1. The second-order valence-electron chi connectivity index (χ2n) is 7.36. The largest absolute Gasteiger partial charge is 0.382 e. The summed E-state index contributed by atoms with van der Waals surface area (Å²) in [7, 11) is 3.45. The van der Waals surface area contributed by atoms with E-state index in [9.17, 15) is 9.18 Å². The van der Waals surface area contributed by atoms with Crippen molar-refractivity contribution in [2.45, 2.75) is 51.7 Å². The van der Waals surface area contributed by atoms with Crippen LogP contribution in [0.15, 0.2) is 23.2 Å². The highest BCUT2D eigenvalue weighted by Gasteiger charge is 2.63. The molecular formula is C19H25FN2O2. The molecule has 3 atom stereocenters. The van der Waals surface area contributed by atoms with Crippen LogP contribution in [-0.2, 0) is 21.5 Å². The number of rotatable bonds is 4. The Morgan fingerprint density at radius 2 is 2.17 bits per heavy atom. The fourth-order valence-electron chi connectivity index (χ4n) is 4.17. The number of benzene rings is 1. The lowest BCUT2D eigenvalue weighted by Crippen LogP contribution is -2.47. The summed E-state index contributed by atoms with van der Waals surface area (Å²) in [6, 6.07) is 4.72. The zero-order valence-electron chi connectivity index (χ0n) is 15.0. The van der Waals surface area contributed by atoms with Crippen molar-refractivity contribution in [2.75, 3.05) is 14.2 Å². The van der Waals surface area contributed by atoms with Gasteiger partial charge in [-0.1, -0.05) is 13.0 Å². The number of hydrogen-bond donors (Lipinski definition) is 0. The van der Waals surface area contributed by atoms with E-state index in [0.717, 1.165) is 24.0 Å². The van der Waals surface area contributed by atoms with Crippen molar-refractivity contribution in [3.8, 4) is 0 Å². The maximum atomic E-state index is 13.8. The number of carbonyl (C=O) groups is 1. The number of aliphatic imine (C=N–C) groups is 1. The van der Waals surface area contributed by atoms with Crippen LogP contribution in [-0.4, -0.2) is 36.9 Å². The Labute approximate surface area is 142 Å². The fraction of sp³-hybridized carbons (Fsp3) is 0.579. The average molecular weight is 332 g/mol. The van der Waals surface area contributed by atoms with E-state index in [-0.39, 0.29) is 23.2 Å². The van der Waals surface area contributed by atoms with Gasteiger partial charge in [0, 0.05) is 19.6 Å². The molecule has 0 aromatic heterocycles. The molecular weight excluding hydrogens is 307 g/mol. The van der Waals surface area contributed by atoms with Gasteiger partial charge in [0.15, 0.2) is 5.54 Å². The first kappa shape index (κ1) is 17.1. The zero-order chi connectivity index (χ0) is 17.7. The summed E-state index contributed by atoms with van der Waals surface area (Å²) in [6.07, 6.45) is 2.37. The van der Waals surface area contributed by atoms with Gasteiger partial charge in [-0.05, 0) is 56.4 Å². The lowest BCUT2D eigenvalue weighted by Gasteiger charge is -2.38. The Balaban J connectivity index is 2.12. The van der Waals surface area contributed by atoms with Crippen LogP contribution in [0.1, 0.15) is 44.7 Å². The predicted octanol–water partition coefficient (Wildman–Crippen LogP) is 3.29. The van der Waals surface area contributed by atoms with Gasteiger partial charge in [0.25, 0.3) is 5.91 Å². The van der Waals surface area contributed by atoms with Crippen LogP contribution in [0.5, 0.6) is 0 Å². The normalized spacial score (nSPS) is 30.0. The first-order chi connectivity index (χ1) is 11.2. The number of amides is 1. The molecule has 1 amide bonds. The number of ether oxygens (including phenoxy) is 1. The van der Waals surface area contributed by atoms with E-state index in [1.807, 2.05) is 13.8 Å². The lowest BCUT2D eigenvalue weighted by atomic mass is 9.68. The molecule has 4 nitrogen and oxygen atoms in total. The maximum absolute atomic E-state index is 13.8. The minimum Gasteiger partial charge on any atom is -0.382 e. The smallest absolute Gasteiger partial charge is 0.260 e. The Kier molecular flexibility index (Phi) is 4.03.